The van der Waals surface area contributed by atoms with E-state index in [-0.39, 0.29) is 22.7 Å². The first-order valence-electron chi connectivity index (χ1n) is 12.3. The second kappa shape index (κ2) is 9.70. The Morgan fingerprint density at radius 1 is 1.09 bits per heavy atom. The molecule has 2 aliphatic rings. The number of hydrogen-bond donors (Lipinski definition) is 0. The van der Waals surface area contributed by atoms with E-state index < -0.39 is 10.0 Å². The number of nitrogens with zero attached hydrogens (tertiary/aromatic N) is 4. The number of halogens is 1. The zero-order valence-corrected chi connectivity index (χ0v) is 20.8. The third-order valence-corrected chi connectivity index (χ3v) is 8.93. The van der Waals surface area contributed by atoms with Crippen molar-refractivity contribution in [2.45, 2.75) is 62.4 Å². The van der Waals surface area contributed by atoms with Gasteiger partial charge in [0.05, 0.1) is 15.9 Å². The first-order valence-corrected chi connectivity index (χ1v) is 13.8. The number of carbonyl (C=O) groups is 1. The quantitative estimate of drug-likeness (QED) is 0.470. The summed E-state index contributed by atoms with van der Waals surface area (Å²) in [7, 11) is -1.64. The van der Waals surface area contributed by atoms with Crippen LogP contribution in [-0.4, -0.2) is 52.2 Å². The molecule has 1 aliphatic heterocycles. The minimum absolute atomic E-state index is 0.0530. The second-order valence-electron chi connectivity index (χ2n) is 9.58. The summed E-state index contributed by atoms with van der Waals surface area (Å²) < 4.78 is 42.9. The van der Waals surface area contributed by atoms with Crippen LogP contribution in [0, 0.1) is 5.82 Å². The molecule has 2 aromatic carbocycles. The molecule has 3 aromatic rings. The average Bonchev–Trinajstić information content (AvgIpc) is 3.66. The molecule has 0 atom stereocenters. The molecular weight excluding hydrogens is 467 g/mol. The number of hydrogen-bond acceptors (Lipinski definition) is 4. The number of rotatable bonds is 8. The number of sulfonamides is 1. The number of fused-ring (bicyclic) bond motifs is 1. The van der Waals surface area contributed by atoms with E-state index in [0.29, 0.717) is 38.0 Å². The van der Waals surface area contributed by atoms with Gasteiger partial charge in [-0.2, -0.15) is 4.31 Å². The lowest BCUT2D eigenvalue weighted by atomic mass is 10.2. The Morgan fingerprint density at radius 2 is 1.80 bits per heavy atom. The number of aryl methyl sites for hydroxylation is 2. The number of amides is 1. The molecule has 1 saturated carbocycles. The van der Waals surface area contributed by atoms with Crippen LogP contribution in [0.25, 0.3) is 11.0 Å². The van der Waals surface area contributed by atoms with Gasteiger partial charge in [0.25, 0.3) is 0 Å². The molecule has 9 heteroatoms. The van der Waals surface area contributed by atoms with Crippen molar-refractivity contribution in [3.8, 4) is 0 Å². The van der Waals surface area contributed by atoms with Crippen LogP contribution in [0.1, 0.15) is 49.9 Å². The molecule has 0 bridgehead atoms. The van der Waals surface area contributed by atoms with Gasteiger partial charge in [0.1, 0.15) is 11.6 Å². The molecule has 1 aliphatic carbocycles. The zero-order valence-electron chi connectivity index (χ0n) is 20.0. The van der Waals surface area contributed by atoms with Gasteiger partial charge in [-0.1, -0.05) is 18.6 Å². The fourth-order valence-corrected chi connectivity index (χ4v) is 6.36. The molecule has 186 valence electrons. The molecule has 7 nitrogen and oxygen atoms in total. The normalized spacial score (nSPS) is 17.1. The lowest BCUT2D eigenvalue weighted by molar-refractivity contribution is -0.132. The van der Waals surface area contributed by atoms with E-state index in [1.165, 1.54) is 12.1 Å². The number of benzene rings is 2. The fraction of sp³-hybridized carbons (Fsp3) is 0.462. The molecule has 2 fully saturated rings. The molecule has 5 rings (SSSR count). The predicted molar refractivity (Wildman–Crippen MR) is 132 cm³/mol. The lowest BCUT2D eigenvalue weighted by Crippen LogP contribution is -2.35. The van der Waals surface area contributed by atoms with E-state index in [4.69, 9.17) is 0 Å². The van der Waals surface area contributed by atoms with Crippen LogP contribution in [-0.2, 0) is 34.8 Å². The third kappa shape index (κ3) is 5.11. The summed E-state index contributed by atoms with van der Waals surface area (Å²) in [5.41, 5.74) is 2.38. The topological polar surface area (TPSA) is 75.5 Å². The first kappa shape index (κ1) is 23.9. The summed E-state index contributed by atoms with van der Waals surface area (Å²) in [6.07, 6.45) is 5.61. The van der Waals surface area contributed by atoms with Crippen LogP contribution >= 0.6 is 0 Å². The Labute approximate surface area is 205 Å². The maximum Gasteiger partial charge on any atom is 0.243 e. The van der Waals surface area contributed by atoms with Gasteiger partial charge < -0.3 is 9.47 Å². The molecule has 1 amide bonds. The Hall–Kier alpha value is -2.78. The zero-order chi connectivity index (χ0) is 24.6. The standard InChI is InChI=1S/C26H31FN4O3S/c1-29-24-12-11-22(35(33,34)30-15-3-2-4-16-30)17-23(24)28-25(29)13-14-26(32)31(21-9-10-21)18-19-5-7-20(27)8-6-19/h5-8,11-12,17,21H,2-4,9-10,13-16,18H2,1H3. The van der Waals surface area contributed by atoms with Crippen LogP contribution < -0.4 is 0 Å². The monoisotopic (exact) mass is 498 g/mol. The maximum atomic E-state index is 13.2. The predicted octanol–water partition coefficient (Wildman–Crippen LogP) is 4.01. The Bertz CT molecular complexity index is 1330. The smallest absolute Gasteiger partial charge is 0.243 e. The average molecular weight is 499 g/mol. The minimum Gasteiger partial charge on any atom is -0.335 e. The van der Waals surface area contributed by atoms with Crippen molar-refractivity contribution in [3.05, 3.63) is 59.7 Å². The van der Waals surface area contributed by atoms with Crippen molar-refractivity contribution < 1.29 is 17.6 Å². The first-order chi connectivity index (χ1) is 16.8. The van der Waals surface area contributed by atoms with Crippen molar-refractivity contribution in [1.82, 2.24) is 18.8 Å². The molecule has 0 unspecified atom stereocenters. The van der Waals surface area contributed by atoms with Crippen molar-refractivity contribution >= 4 is 27.0 Å². The highest BCUT2D eigenvalue weighted by molar-refractivity contribution is 7.89. The SMILES string of the molecule is Cn1c(CCC(=O)N(Cc2ccc(F)cc2)C2CC2)nc2cc(S(=O)(=O)N3CCCCC3)ccc21. The van der Waals surface area contributed by atoms with Gasteiger partial charge in [-0.25, -0.2) is 17.8 Å². The Kier molecular flexibility index (Phi) is 6.63. The molecule has 1 saturated heterocycles. The molecule has 0 radical (unpaired) electrons. The summed E-state index contributed by atoms with van der Waals surface area (Å²) in [5, 5.41) is 0. The molecular formula is C26H31FN4O3S. The summed E-state index contributed by atoms with van der Waals surface area (Å²) in [4.78, 5) is 19.9. The Balaban J connectivity index is 1.30. The van der Waals surface area contributed by atoms with Crippen molar-refractivity contribution in [2.75, 3.05) is 13.1 Å². The number of piperidine rings is 1. The fourth-order valence-electron chi connectivity index (χ4n) is 4.82. The van der Waals surface area contributed by atoms with Crippen molar-refractivity contribution in [1.29, 1.82) is 0 Å². The lowest BCUT2D eigenvalue weighted by Gasteiger charge is -2.25. The van der Waals surface area contributed by atoms with Gasteiger partial charge >= 0.3 is 0 Å². The minimum atomic E-state index is -3.53. The highest BCUT2D eigenvalue weighted by Gasteiger charge is 2.32. The van der Waals surface area contributed by atoms with E-state index in [0.717, 1.165) is 49.0 Å². The Morgan fingerprint density at radius 3 is 2.49 bits per heavy atom. The summed E-state index contributed by atoms with van der Waals surface area (Å²) >= 11 is 0. The van der Waals surface area contributed by atoms with Gasteiger partial charge in [-0.05, 0) is 61.6 Å². The van der Waals surface area contributed by atoms with Gasteiger partial charge in [-0.15, -0.1) is 0 Å². The van der Waals surface area contributed by atoms with Crippen LogP contribution in [0.2, 0.25) is 0 Å². The number of carbonyl (C=O) groups excluding carboxylic acids is 1. The van der Waals surface area contributed by atoms with E-state index in [1.54, 1.807) is 34.6 Å². The summed E-state index contributed by atoms with van der Waals surface area (Å²) in [5.74, 6) is 0.516. The number of aromatic nitrogens is 2. The van der Waals surface area contributed by atoms with E-state index in [1.807, 2.05) is 16.5 Å². The highest BCUT2D eigenvalue weighted by Crippen LogP contribution is 2.30. The molecule has 1 aromatic heterocycles. The highest BCUT2D eigenvalue weighted by atomic mass is 32.2. The third-order valence-electron chi connectivity index (χ3n) is 7.03. The second-order valence-corrected chi connectivity index (χ2v) is 11.5. The van der Waals surface area contributed by atoms with Crippen molar-refractivity contribution in [3.63, 3.8) is 0 Å². The molecule has 0 N–H and O–H groups in total. The van der Waals surface area contributed by atoms with Gasteiger partial charge in [0.15, 0.2) is 0 Å². The summed E-state index contributed by atoms with van der Waals surface area (Å²) in [6.45, 7) is 1.60. The molecule has 35 heavy (non-hydrogen) atoms. The van der Waals surface area contributed by atoms with Gasteiger partial charge in [0, 0.05) is 45.6 Å². The van der Waals surface area contributed by atoms with Crippen LogP contribution in [0.5, 0.6) is 0 Å². The number of imidazole rings is 1. The van der Waals surface area contributed by atoms with Gasteiger partial charge in [-0.3, -0.25) is 4.79 Å². The van der Waals surface area contributed by atoms with Crippen LogP contribution in [0.4, 0.5) is 4.39 Å². The van der Waals surface area contributed by atoms with E-state index >= 15 is 0 Å². The molecule has 2 heterocycles. The maximum absolute atomic E-state index is 13.2. The van der Waals surface area contributed by atoms with Crippen LogP contribution in [0.3, 0.4) is 0 Å². The van der Waals surface area contributed by atoms with Crippen molar-refractivity contribution in [2.24, 2.45) is 7.05 Å². The van der Waals surface area contributed by atoms with Crippen LogP contribution in [0.15, 0.2) is 47.4 Å². The largest absolute Gasteiger partial charge is 0.335 e. The van der Waals surface area contributed by atoms with Gasteiger partial charge in [0.2, 0.25) is 15.9 Å². The summed E-state index contributed by atoms with van der Waals surface area (Å²) in [6, 6.07) is 11.6. The molecule has 0 spiro atoms. The van der Waals surface area contributed by atoms with E-state index in [9.17, 15) is 17.6 Å². The van der Waals surface area contributed by atoms with E-state index in [2.05, 4.69) is 4.98 Å².